The van der Waals surface area contributed by atoms with Gasteiger partial charge in [-0.2, -0.15) is 5.10 Å². The lowest BCUT2D eigenvalue weighted by atomic mass is 10.2. The van der Waals surface area contributed by atoms with Gasteiger partial charge in [-0.25, -0.2) is 4.79 Å². The quantitative estimate of drug-likeness (QED) is 0.905. The van der Waals surface area contributed by atoms with Crippen LogP contribution >= 0.6 is 0 Å². The zero-order chi connectivity index (χ0) is 16.4. The molecule has 0 radical (unpaired) electrons. The van der Waals surface area contributed by atoms with Gasteiger partial charge in [0.25, 0.3) is 0 Å². The van der Waals surface area contributed by atoms with Gasteiger partial charge in [0.05, 0.1) is 17.1 Å². The molecular weight excluding hydrogens is 284 g/mol. The van der Waals surface area contributed by atoms with Gasteiger partial charge in [0, 0.05) is 31.7 Å². The largest absolute Gasteiger partial charge is 0.481 e. The number of nitrogens with zero attached hydrogens (tertiary/aromatic N) is 3. The molecule has 7 heteroatoms. The molecule has 1 heterocycles. The van der Waals surface area contributed by atoms with E-state index < -0.39 is 11.9 Å². The summed E-state index contributed by atoms with van der Waals surface area (Å²) >= 11 is 0. The number of aryl methyl sites for hydroxylation is 2. The van der Waals surface area contributed by atoms with E-state index in [1.165, 1.54) is 4.90 Å². The number of hydrogen-bond donors (Lipinski definition) is 2. The van der Waals surface area contributed by atoms with Crippen molar-refractivity contribution in [3.05, 3.63) is 23.9 Å². The highest BCUT2D eigenvalue weighted by Crippen LogP contribution is 2.21. The van der Waals surface area contributed by atoms with Gasteiger partial charge in [-0.1, -0.05) is 6.92 Å². The molecular formula is C15H20N4O3. The molecule has 0 aliphatic heterocycles. The Kier molecular flexibility index (Phi) is 4.35. The lowest BCUT2D eigenvalue weighted by molar-refractivity contribution is -0.141. The third-order valence-corrected chi connectivity index (χ3v) is 3.60. The van der Waals surface area contributed by atoms with Crippen molar-refractivity contribution in [2.45, 2.75) is 13.8 Å². The van der Waals surface area contributed by atoms with Gasteiger partial charge in [-0.15, -0.1) is 0 Å². The number of benzene rings is 1. The van der Waals surface area contributed by atoms with Gasteiger partial charge in [0.1, 0.15) is 0 Å². The van der Waals surface area contributed by atoms with Crippen molar-refractivity contribution >= 4 is 28.6 Å². The number of anilines is 1. The maximum absolute atomic E-state index is 12.1. The Morgan fingerprint density at radius 3 is 2.77 bits per heavy atom. The summed E-state index contributed by atoms with van der Waals surface area (Å²) in [7, 11) is 3.42. The van der Waals surface area contributed by atoms with Gasteiger partial charge in [0.2, 0.25) is 0 Å². The molecule has 2 N–H and O–H groups in total. The molecule has 0 bridgehead atoms. The first-order valence-corrected chi connectivity index (χ1v) is 6.98. The van der Waals surface area contributed by atoms with E-state index in [1.54, 1.807) is 18.7 Å². The van der Waals surface area contributed by atoms with Crippen LogP contribution in [0, 0.1) is 12.8 Å². The molecule has 1 aromatic heterocycles. The second-order valence-electron chi connectivity index (χ2n) is 5.49. The van der Waals surface area contributed by atoms with Crippen molar-refractivity contribution in [1.29, 1.82) is 0 Å². The number of carboxylic acids is 1. The first kappa shape index (κ1) is 15.8. The topological polar surface area (TPSA) is 87.5 Å². The number of urea groups is 1. The van der Waals surface area contributed by atoms with Crippen molar-refractivity contribution in [2.75, 3.05) is 18.9 Å². The fourth-order valence-corrected chi connectivity index (χ4v) is 2.31. The monoisotopic (exact) mass is 304 g/mol. The molecule has 2 aromatic rings. The van der Waals surface area contributed by atoms with E-state index in [1.807, 2.05) is 32.2 Å². The summed E-state index contributed by atoms with van der Waals surface area (Å²) in [6.45, 7) is 3.65. The number of hydrogen-bond acceptors (Lipinski definition) is 3. The number of carbonyl (C=O) groups is 2. The predicted octanol–water partition coefficient (Wildman–Crippen LogP) is 2.07. The number of aromatic nitrogens is 2. The molecule has 2 rings (SSSR count). The number of carbonyl (C=O) groups excluding carboxylic acids is 1. The van der Waals surface area contributed by atoms with Crippen LogP contribution in [0.5, 0.6) is 0 Å². The van der Waals surface area contributed by atoms with E-state index in [0.29, 0.717) is 5.69 Å². The molecule has 7 nitrogen and oxygen atoms in total. The highest BCUT2D eigenvalue weighted by Gasteiger charge is 2.17. The minimum atomic E-state index is -0.925. The summed E-state index contributed by atoms with van der Waals surface area (Å²) in [5.41, 5.74) is 2.51. The normalized spacial score (nSPS) is 12.2. The number of amides is 2. The molecule has 0 saturated carbocycles. The second-order valence-corrected chi connectivity index (χ2v) is 5.49. The van der Waals surface area contributed by atoms with Gasteiger partial charge in [0.15, 0.2) is 0 Å². The van der Waals surface area contributed by atoms with Crippen molar-refractivity contribution in [3.8, 4) is 0 Å². The van der Waals surface area contributed by atoms with E-state index in [2.05, 4.69) is 10.4 Å². The van der Waals surface area contributed by atoms with Crippen LogP contribution in [0.15, 0.2) is 18.2 Å². The van der Waals surface area contributed by atoms with E-state index in [4.69, 9.17) is 5.11 Å². The Bertz CT molecular complexity index is 723. The Morgan fingerprint density at radius 2 is 2.14 bits per heavy atom. The molecule has 1 unspecified atom stereocenters. The van der Waals surface area contributed by atoms with Crippen LogP contribution in [-0.2, 0) is 11.8 Å². The van der Waals surface area contributed by atoms with E-state index in [0.717, 1.165) is 16.6 Å². The van der Waals surface area contributed by atoms with Gasteiger partial charge >= 0.3 is 12.0 Å². The molecule has 0 fully saturated rings. The van der Waals surface area contributed by atoms with Crippen LogP contribution in [0.3, 0.4) is 0 Å². The summed E-state index contributed by atoms with van der Waals surface area (Å²) in [6.07, 6.45) is 0. The second kappa shape index (κ2) is 6.05. The number of carboxylic acid groups (broad SMARTS) is 1. The zero-order valence-corrected chi connectivity index (χ0v) is 13.1. The van der Waals surface area contributed by atoms with E-state index in [9.17, 15) is 9.59 Å². The summed E-state index contributed by atoms with van der Waals surface area (Å²) in [5, 5.41) is 17.0. The standard InChI is InChI=1S/C15H20N4O3/c1-9(14(20)21)8-18(3)15(22)16-11-5-6-12-10(2)17-19(4)13(12)7-11/h5-7,9H,8H2,1-4H3,(H,16,22)(H,20,21). The van der Waals surface area contributed by atoms with Gasteiger partial charge in [-0.05, 0) is 25.1 Å². The van der Waals surface area contributed by atoms with Crippen LogP contribution in [0.1, 0.15) is 12.6 Å². The highest BCUT2D eigenvalue weighted by atomic mass is 16.4. The number of rotatable bonds is 4. The number of aliphatic carboxylic acids is 1. The van der Waals surface area contributed by atoms with Crippen LogP contribution < -0.4 is 5.32 Å². The van der Waals surface area contributed by atoms with Crippen LogP contribution in [-0.4, -0.2) is 45.4 Å². The van der Waals surface area contributed by atoms with Crippen LogP contribution in [0.25, 0.3) is 10.9 Å². The molecule has 0 saturated heterocycles. The number of nitrogens with one attached hydrogen (secondary N) is 1. The molecule has 0 spiro atoms. The summed E-state index contributed by atoms with van der Waals surface area (Å²) < 4.78 is 1.76. The first-order valence-electron chi connectivity index (χ1n) is 6.98. The SMILES string of the molecule is Cc1nn(C)c2cc(NC(=O)N(C)CC(C)C(=O)O)ccc12. The van der Waals surface area contributed by atoms with E-state index in [-0.39, 0.29) is 12.6 Å². The molecule has 118 valence electrons. The van der Waals surface area contributed by atoms with Gasteiger partial charge in [-0.3, -0.25) is 9.48 Å². The maximum atomic E-state index is 12.1. The van der Waals surface area contributed by atoms with Crippen LogP contribution in [0.2, 0.25) is 0 Å². The Labute approximate surface area is 128 Å². The summed E-state index contributed by atoms with van der Waals surface area (Å²) in [6, 6.07) is 5.23. The number of fused-ring (bicyclic) bond motifs is 1. The Morgan fingerprint density at radius 1 is 1.45 bits per heavy atom. The molecule has 22 heavy (non-hydrogen) atoms. The maximum Gasteiger partial charge on any atom is 0.321 e. The third kappa shape index (κ3) is 3.19. The van der Waals surface area contributed by atoms with Crippen molar-refractivity contribution in [1.82, 2.24) is 14.7 Å². The van der Waals surface area contributed by atoms with E-state index >= 15 is 0 Å². The van der Waals surface area contributed by atoms with Crippen molar-refractivity contribution in [2.24, 2.45) is 13.0 Å². The van der Waals surface area contributed by atoms with Crippen molar-refractivity contribution in [3.63, 3.8) is 0 Å². The third-order valence-electron chi connectivity index (χ3n) is 3.60. The first-order chi connectivity index (χ1) is 10.3. The Hall–Kier alpha value is -2.57. The summed E-state index contributed by atoms with van der Waals surface area (Å²) in [5.74, 6) is -1.54. The predicted molar refractivity (Wildman–Crippen MR) is 83.9 cm³/mol. The molecule has 1 aromatic carbocycles. The fourth-order valence-electron chi connectivity index (χ4n) is 2.31. The molecule has 0 aliphatic carbocycles. The smallest absolute Gasteiger partial charge is 0.321 e. The fraction of sp³-hybridized carbons (Fsp3) is 0.400. The molecule has 2 amide bonds. The average molecular weight is 304 g/mol. The minimum absolute atomic E-state index is 0.147. The molecule has 0 aliphatic rings. The lowest BCUT2D eigenvalue weighted by Crippen LogP contribution is -2.36. The zero-order valence-electron chi connectivity index (χ0n) is 13.1. The summed E-state index contributed by atoms with van der Waals surface area (Å²) in [4.78, 5) is 24.3. The van der Waals surface area contributed by atoms with Crippen LogP contribution in [0.4, 0.5) is 10.5 Å². The Balaban J connectivity index is 2.11. The lowest BCUT2D eigenvalue weighted by Gasteiger charge is -2.20. The highest BCUT2D eigenvalue weighted by molar-refractivity contribution is 5.93. The minimum Gasteiger partial charge on any atom is -0.481 e. The van der Waals surface area contributed by atoms with Gasteiger partial charge < -0.3 is 15.3 Å². The van der Waals surface area contributed by atoms with Crippen molar-refractivity contribution < 1.29 is 14.7 Å². The molecule has 1 atom stereocenters. The average Bonchev–Trinajstić information content (AvgIpc) is 2.73.